The normalized spacial score (nSPS) is 14.8. The van der Waals surface area contributed by atoms with E-state index in [4.69, 9.17) is 14.6 Å². The van der Waals surface area contributed by atoms with Gasteiger partial charge < -0.3 is 24.6 Å². The Kier molecular flexibility index (Phi) is 13.7. The van der Waals surface area contributed by atoms with E-state index in [-0.39, 0.29) is 0 Å². The third-order valence-corrected chi connectivity index (χ3v) is 4.08. The van der Waals surface area contributed by atoms with E-state index in [9.17, 15) is 19.2 Å². The van der Waals surface area contributed by atoms with Crippen LogP contribution in [0.3, 0.4) is 0 Å². The highest BCUT2D eigenvalue weighted by Gasteiger charge is 2.28. The lowest BCUT2D eigenvalue weighted by Gasteiger charge is -2.19. The molecule has 9 nitrogen and oxygen atoms in total. The summed E-state index contributed by atoms with van der Waals surface area (Å²) in [5, 5.41) is 11.8. The molecule has 2 N–H and O–H groups in total. The van der Waals surface area contributed by atoms with E-state index in [0.29, 0.717) is 6.54 Å². The smallest absolute Gasteiger partial charge is 0.347 e. The van der Waals surface area contributed by atoms with Gasteiger partial charge in [0.1, 0.15) is 6.10 Å². The molecular weight excluding hydrogens is 382 g/mol. The molecule has 168 valence electrons. The summed E-state index contributed by atoms with van der Waals surface area (Å²) in [4.78, 5) is 47.1. The first-order chi connectivity index (χ1) is 13.6. The number of nitrogens with one attached hydrogen (secondary N) is 1. The average Bonchev–Trinajstić information content (AvgIpc) is 2.66. The summed E-state index contributed by atoms with van der Waals surface area (Å²) in [7, 11) is 0. The first-order valence-corrected chi connectivity index (χ1v) is 10.2. The van der Waals surface area contributed by atoms with E-state index in [1.807, 2.05) is 0 Å². The number of unbranched alkanes of at least 4 members (excludes halogenated alkanes) is 5. The van der Waals surface area contributed by atoms with Gasteiger partial charge in [-0.3, -0.25) is 4.79 Å². The number of ether oxygens (including phenoxy) is 3. The van der Waals surface area contributed by atoms with Gasteiger partial charge in [-0.25, -0.2) is 14.4 Å². The minimum atomic E-state index is -1.39. The highest BCUT2D eigenvalue weighted by molar-refractivity contribution is 5.86. The van der Waals surface area contributed by atoms with Gasteiger partial charge in [-0.1, -0.05) is 39.0 Å². The van der Waals surface area contributed by atoms with E-state index in [1.165, 1.54) is 47.0 Å². The zero-order valence-electron chi connectivity index (χ0n) is 18.1. The van der Waals surface area contributed by atoms with Crippen LogP contribution < -0.4 is 5.32 Å². The standard InChI is InChI=1S/C20H35NO8/c1-6-7-8-9-10-11-12-21-17(23)14(3)27-19(25)16(5)29-20(26)15(4)28-18(24)13(2)22/h13-16,22H,6-12H2,1-5H3,(H,21,23)/t13-,14-,15-,16-/m0/s1. The van der Waals surface area contributed by atoms with Gasteiger partial charge in [0.25, 0.3) is 5.91 Å². The fraction of sp³-hybridized carbons (Fsp3) is 0.800. The monoisotopic (exact) mass is 417 g/mol. The molecule has 4 atom stereocenters. The van der Waals surface area contributed by atoms with Gasteiger partial charge in [0.05, 0.1) is 0 Å². The average molecular weight is 417 g/mol. The number of hydrogen-bond acceptors (Lipinski definition) is 8. The lowest BCUT2D eigenvalue weighted by atomic mass is 10.1. The maximum atomic E-state index is 12.0. The Morgan fingerprint density at radius 2 is 1.17 bits per heavy atom. The summed E-state index contributed by atoms with van der Waals surface area (Å²) in [6.45, 7) is 7.81. The van der Waals surface area contributed by atoms with Gasteiger partial charge in [-0.05, 0) is 34.1 Å². The number of aliphatic hydroxyl groups is 1. The van der Waals surface area contributed by atoms with Crippen LogP contribution >= 0.6 is 0 Å². The zero-order chi connectivity index (χ0) is 22.4. The Balaban J connectivity index is 4.20. The van der Waals surface area contributed by atoms with Crippen molar-refractivity contribution >= 4 is 23.8 Å². The third-order valence-electron chi connectivity index (χ3n) is 4.08. The van der Waals surface area contributed by atoms with Gasteiger partial charge >= 0.3 is 17.9 Å². The van der Waals surface area contributed by atoms with Crippen LogP contribution in [0.5, 0.6) is 0 Å². The Bertz CT molecular complexity index is 535. The van der Waals surface area contributed by atoms with E-state index in [2.05, 4.69) is 17.0 Å². The van der Waals surface area contributed by atoms with Crippen LogP contribution in [0.25, 0.3) is 0 Å². The number of amides is 1. The van der Waals surface area contributed by atoms with Crippen molar-refractivity contribution in [3.8, 4) is 0 Å². The molecule has 0 radical (unpaired) electrons. The lowest BCUT2D eigenvalue weighted by Crippen LogP contribution is -2.40. The second-order valence-electron chi connectivity index (χ2n) is 6.97. The van der Waals surface area contributed by atoms with Gasteiger partial charge in [-0.2, -0.15) is 0 Å². The summed E-state index contributed by atoms with van der Waals surface area (Å²) in [5.74, 6) is -3.27. The maximum Gasteiger partial charge on any atom is 0.347 e. The van der Waals surface area contributed by atoms with Crippen molar-refractivity contribution in [3.05, 3.63) is 0 Å². The molecule has 0 aliphatic rings. The summed E-state index contributed by atoms with van der Waals surface area (Å²) in [6, 6.07) is 0. The molecule has 0 aliphatic heterocycles. The molecule has 0 aliphatic carbocycles. The molecule has 0 unspecified atom stereocenters. The molecule has 0 aromatic heterocycles. The van der Waals surface area contributed by atoms with E-state index < -0.39 is 48.2 Å². The zero-order valence-corrected chi connectivity index (χ0v) is 18.1. The molecule has 0 aromatic carbocycles. The van der Waals surface area contributed by atoms with Crippen LogP contribution in [-0.2, 0) is 33.4 Å². The van der Waals surface area contributed by atoms with Crippen LogP contribution in [-0.4, -0.2) is 59.9 Å². The molecule has 0 bridgehead atoms. The number of carbonyl (C=O) groups is 4. The number of rotatable bonds is 14. The van der Waals surface area contributed by atoms with E-state index in [0.717, 1.165) is 19.3 Å². The molecule has 0 saturated carbocycles. The first-order valence-electron chi connectivity index (χ1n) is 10.2. The summed E-state index contributed by atoms with van der Waals surface area (Å²) < 4.78 is 14.6. The van der Waals surface area contributed by atoms with Gasteiger partial charge in [0.15, 0.2) is 18.3 Å². The predicted octanol–water partition coefficient (Wildman–Crippen LogP) is 1.64. The van der Waals surface area contributed by atoms with Crippen LogP contribution in [0.1, 0.15) is 73.1 Å². The number of hydrogen-bond donors (Lipinski definition) is 2. The van der Waals surface area contributed by atoms with E-state index in [1.54, 1.807) is 0 Å². The van der Waals surface area contributed by atoms with Crippen LogP contribution in [0.2, 0.25) is 0 Å². The van der Waals surface area contributed by atoms with Crippen LogP contribution in [0.15, 0.2) is 0 Å². The molecule has 0 saturated heterocycles. The van der Waals surface area contributed by atoms with Crippen molar-refractivity contribution in [3.63, 3.8) is 0 Å². The number of aliphatic hydroxyl groups excluding tert-OH is 1. The highest BCUT2D eigenvalue weighted by Crippen LogP contribution is 2.06. The Labute approximate surface area is 172 Å². The minimum Gasteiger partial charge on any atom is -0.450 e. The molecule has 9 heteroatoms. The molecule has 0 spiro atoms. The van der Waals surface area contributed by atoms with Crippen molar-refractivity contribution in [2.75, 3.05) is 6.54 Å². The third kappa shape index (κ3) is 12.1. The topological polar surface area (TPSA) is 128 Å². The Morgan fingerprint density at radius 1 is 0.724 bits per heavy atom. The fourth-order valence-electron chi connectivity index (χ4n) is 2.22. The Hall–Kier alpha value is -2.16. The molecular formula is C20H35NO8. The quantitative estimate of drug-likeness (QED) is 0.248. The number of carbonyl (C=O) groups excluding carboxylic acids is 4. The summed E-state index contributed by atoms with van der Waals surface area (Å²) in [6.07, 6.45) is 1.58. The first kappa shape index (κ1) is 26.8. The van der Waals surface area contributed by atoms with Crippen molar-refractivity contribution < 1.29 is 38.5 Å². The molecule has 29 heavy (non-hydrogen) atoms. The fourth-order valence-corrected chi connectivity index (χ4v) is 2.22. The van der Waals surface area contributed by atoms with Crippen LogP contribution in [0, 0.1) is 0 Å². The highest BCUT2D eigenvalue weighted by atomic mass is 16.6. The van der Waals surface area contributed by atoms with Crippen molar-refractivity contribution in [1.82, 2.24) is 5.32 Å². The van der Waals surface area contributed by atoms with Gasteiger partial charge in [-0.15, -0.1) is 0 Å². The second kappa shape index (κ2) is 14.8. The van der Waals surface area contributed by atoms with Crippen molar-refractivity contribution in [2.45, 2.75) is 97.6 Å². The summed E-state index contributed by atoms with van der Waals surface area (Å²) >= 11 is 0. The van der Waals surface area contributed by atoms with Crippen molar-refractivity contribution in [1.29, 1.82) is 0 Å². The SMILES string of the molecule is CCCCCCCCNC(=O)[C@H](C)OC(=O)[C@H](C)OC(=O)[C@H](C)OC(=O)[C@H](C)O. The Morgan fingerprint density at radius 3 is 1.69 bits per heavy atom. The molecule has 0 aromatic rings. The van der Waals surface area contributed by atoms with Gasteiger partial charge in [0.2, 0.25) is 0 Å². The minimum absolute atomic E-state index is 0.426. The molecule has 0 heterocycles. The molecule has 0 fully saturated rings. The van der Waals surface area contributed by atoms with E-state index >= 15 is 0 Å². The molecule has 0 rings (SSSR count). The maximum absolute atomic E-state index is 12.0. The largest absolute Gasteiger partial charge is 0.450 e. The van der Waals surface area contributed by atoms with Crippen LogP contribution in [0.4, 0.5) is 0 Å². The summed E-state index contributed by atoms with van der Waals surface area (Å²) in [5.41, 5.74) is 0. The lowest BCUT2D eigenvalue weighted by molar-refractivity contribution is -0.181. The molecule has 1 amide bonds. The number of esters is 3. The van der Waals surface area contributed by atoms with Crippen molar-refractivity contribution in [2.24, 2.45) is 0 Å². The van der Waals surface area contributed by atoms with Gasteiger partial charge in [0, 0.05) is 6.54 Å². The predicted molar refractivity (Wildman–Crippen MR) is 105 cm³/mol. The second-order valence-corrected chi connectivity index (χ2v) is 6.97.